The molecule has 1 aromatic heterocycles. The second-order valence-electron chi connectivity index (χ2n) is 2.99. The van der Waals surface area contributed by atoms with Crippen molar-refractivity contribution >= 4 is 15.9 Å². The number of unbranched alkanes of at least 4 members (excludes halogenated alkanes) is 1. The maximum absolute atomic E-state index is 4.41. The first kappa shape index (κ1) is 9.78. The standard InChI is InChI=1S/C9H15BrN2/c1-3-4-5-12-7-9(6-10)8(2)11-12/h7H,3-6H2,1-2H3. The van der Waals surface area contributed by atoms with E-state index in [2.05, 4.69) is 41.1 Å². The SMILES string of the molecule is CCCCn1cc(CBr)c(C)n1. The van der Waals surface area contributed by atoms with Crippen LogP contribution in [-0.2, 0) is 11.9 Å². The van der Waals surface area contributed by atoms with Crippen LogP contribution in [0, 0.1) is 6.92 Å². The lowest BCUT2D eigenvalue weighted by Crippen LogP contribution is -1.97. The van der Waals surface area contributed by atoms with E-state index in [9.17, 15) is 0 Å². The van der Waals surface area contributed by atoms with E-state index in [0.29, 0.717) is 0 Å². The molecule has 0 radical (unpaired) electrons. The smallest absolute Gasteiger partial charge is 0.0634 e. The number of nitrogens with zero attached hydrogens (tertiary/aromatic N) is 2. The quantitative estimate of drug-likeness (QED) is 0.728. The van der Waals surface area contributed by atoms with Crippen LogP contribution in [0.25, 0.3) is 0 Å². The van der Waals surface area contributed by atoms with E-state index in [1.165, 1.54) is 18.4 Å². The second kappa shape index (κ2) is 4.65. The predicted molar refractivity (Wildman–Crippen MR) is 54.5 cm³/mol. The van der Waals surface area contributed by atoms with Crippen LogP contribution < -0.4 is 0 Å². The van der Waals surface area contributed by atoms with Gasteiger partial charge in [0, 0.05) is 23.6 Å². The zero-order valence-electron chi connectivity index (χ0n) is 7.68. The molecular formula is C9H15BrN2. The Hall–Kier alpha value is -0.310. The summed E-state index contributed by atoms with van der Waals surface area (Å²) < 4.78 is 2.04. The van der Waals surface area contributed by atoms with Gasteiger partial charge in [0.1, 0.15) is 0 Å². The average Bonchev–Trinajstić information content (AvgIpc) is 2.43. The highest BCUT2D eigenvalue weighted by molar-refractivity contribution is 9.08. The maximum atomic E-state index is 4.41. The van der Waals surface area contributed by atoms with Crippen LogP contribution >= 0.6 is 15.9 Å². The summed E-state index contributed by atoms with van der Waals surface area (Å²) in [6, 6.07) is 0. The van der Waals surface area contributed by atoms with Crippen molar-refractivity contribution in [2.45, 2.75) is 38.6 Å². The number of hydrogen-bond acceptors (Lipinski definition) is 1. The van der Waals surface area contributed by atoms with Crippen molar-refractivity contribution in [1.29, 1.82) is 0 Å². The van der Waals surface area contributed by atoms with Crippen molar-refractivity contribution in [2.75, 3.05) is 0 Å². The summed E-state index contributed by atoms with van der Waals surface area (Å²) in [6.45, 7) is 5.30. The van der Waals surface area contributed by atoms with Gasteiger partial charge in [0.25, 0.3) is 0 Å². The molecule has 0 saturated carbocycles. The monoisotopic (exact) mass is 230 g/mol. The molecule has 0 unspecified atom stereocenters. The van der Waals surface area contributed by atoms with Gasteiger partial charge in [-0.15, -0.1) is 0 Å². The predicted octanol–water partition coefficient (Wildman–Crippen LogP) is 2.89. The van der Waals surface area contributed by atoms with Crippen LogP contribution in [0.3, 0.4) is 0 Å². The molecule has 0 aliphatic rings. The first-order valence-corrected chi connectivity index (χ1v) is 5.49. The lowest BCUT2D eigenvalue weighted by molar-refractivity contribution is 0.568. The molecule has 12 heavy (non-hydrogen) atoms. The third kappa shape index (κ3) is 2.34. The van der Waals surface area contributed by atoms with Crippen LogP contribution in [0.5, 0.6) is 0 Å². The summed E-state index contributed by atoms with van der Waals surface area (Å²) in [5.74, 6) is 0. The van der Waals surface area contributed by atoms with E-state index < -0.39 is 0 Å². The van der Waals surface area contributed by atoms with Gasteiger partial charge in [-0.25, -0.2) is 0 Å². The molecule has 0 saturated heterocycles. The molecule has 0 amide bonds. The number of rotatable bonds is 4. The van der Waals surface area contributed by atoms with Gasteiger partial charge in [-0.1, -0.05) is 29.3 Å². The molecule has 2 nitrogen and oxygen atoms in total. The topological polar surface area (TPSA) is 17.8 Å². The van der Waals surface area contributed by atoms with Gasteiger partial charge >= 0.3 is 0 Å². The van der Waals surface area contributed by atoms with Crippen molar-refractivity contribution in [1.82, 2.24) is 9.78 Å². The summed E-state index contributed by atoms with van der Waals surface area (Å²) in [6.07, 6.45) is 4.56. The summed E-state index contributed by atoms with van der Waals surface area (Å²) in [4.78, 5) is 0. The molecule has 0 bridgehead atoms. The van der Waals surface area contributed by atoms with Gasteiger partial charge in [0.15, 0.2) is 0 Å². The van der Waals surface area contributed by atoms with Crippen molar-refractivity contribution in [2.24, 2.45) is 0 Å². The number of aromatic nitrogens is 2. The highest BCUT2D eigenvalue weighted by Gasteiger charge is 2.01. The maximum Gasteiger partial charge on any atom is 0.0634 e. The highest BCUT2D eigenvalue weighted by Crippen LogP contribution is 2.10. The van der Waals surface area contributed by atoms with Crippen molar-refractivity contribution in [3.05, 3.63) is 17.5 Å². The third-order valence-electron chi connectivity index (χ3n) is 1.93. The minimum absolute atomic E-state index is 0.908. The first-order valence-electron chi connectivity index (χ1n) is 4.36. The molecule has 3 heteroatoms. The lowest BCUT2D eigenvalue weighted by Gasteiger charge is -1.96. The molecule has 1 aromatic rings. The zero-order chi connectivity index (χ0) is 8.97. The Morgan fingerprint density at radius 1 is 1.58 bits per heavy atom. The number of hydrogen-bond donors (Lipinski definition) is 0. The van der Waals surface area contributed by atoms with Crippen LogP contribution in [0.2, 0.25) is 0 Å². The minimum Gasteiger partial charge on any atom is -0.272 e. The first-order chi connectivity index (χ1) is 5.77. The Balaban J connectivity index is 2.62. The summed E-state index contributed by atoms with van der Waals surface area (Å²) in [5.41, 5.74) is 2.44. The summed E-state index contributed by atoms with van der Waals surface area (Å²) in [5, 5.41) is 5.31. The Morgan fingerprint density at radius 2 is 2.33 bits per heavy atom. The second-order valence-corrected chi connectivity index (χ2v) is 3.55. The van der Waals surface area contributed by atoms with Gasteiger partial charge in [-0.05, 0) is 13.3 Å². The largest absolute Gasteiger partial charge is 0.272 e. The molecule has 0 aliphatic heterocycles. The minimum atomic E-state index is 0.908. The van der Waals surface area contributed by atoms with Gasteiger partial charge < -0.3 is 0 Å². The highest BCUT2D eigenvalue weighted by atomic mass is 79.9. The fraction of sp³-hybridized carbons (Fsp3) is 0.667. The normalized spacial score (nSPS) is 10.6. The molecule has 0 spiro atoms. The number of halogens is 1. The van der Waals surface area contributed by atoms with Gasteiger partial charge in [0.2, 0.25) is 0 Å². The Bertz CT molecular complexity index is 243. The van der Waals surface area contributed by atoms with E-state index >= 15 is 0 Å². The van der Waals surface area contributed by atoms with Crippen LogP contribution in [-0.4, -0.2) is 9.78 Å². The molecule has 0 aliphatic carbocycles. The number of aryl methyl sites for hydroxylation is 2. The fourth-order valence-corrected chi connectivity index (χ4v) is 1.68. The van der Waals surface area contributed by atoms with Gasteiger partial charge in [-0.2, -0.15) is 5.10 Å². The Labute approximate surface area is 82.1 Å². The van der Waals surface area contributed by atoms with E-state index in [-0.39, 0.29) is 0 Å². The molecule has 1 heterocycles. The van der Waals surface area contributed by atoms with E-state index in [0.717, 1.165) is 17.6 Å². The zero-order valence-corrected chi connectivity index (χ0v) is 9.26. The van der Waals surface area contributed by atoms with Crippen LogP contribution in [0.1, 0.15) is 31.0 Å². The summed E-state index contributed by atoms with van der Waals surface area (Å²) >= 11 is 3.44. The van der Waals surface area contributed by atoms with E-state index in [1.54, 1.807) is 0 Å². The Kier molecular flexibility index (Phi) is 3.79. The fourth-order valence-electron chi connectivity index (χ4n) is 1.12. The molecular weight excluding hydrogens is 216 g/mol. The number of alkyl halides is 1. The van der Waals surface area contributed by atoms with E-state index in [1.807, 2.05) is 4.68 Å². The lowest BCUT2D eigenvalue weighted by atomic mass is 10.3. The molecule has 0 fully saturated rings. The molecule has 68 valence electrons. The summed E-state index contributed by atoms with van der Waals surface area (Å²) in [7, 11) is 0. The van der Waals surface area contributed by atoms with Gasteiger partial charge in [0.05, 0.1) is 5.69 Å². The van der Waals surface area contributed by atoms with Gasteiger partial charge in [-0.3, -0.25) is 4.68 Å². The average molecular weight is 231 g/mol. The molecule has 0 atom stereocenters. The van der Waals surface area contributed by atoms with Crippen LogP contribution in [0.15, 0.2) is 6.20 Å². The van der Waals surface area contributed by atoms with E-state index in [4.69, 9.17) is 0 Å². The molecule has 0 N–H and O–H groups in total. The molecule has 0 aromatic carbocycles. The van der Waals surface area contributed by atoms with Crippen molar-refractivity contribution in [3.8, 4) is 0 Å². The van der Waals surface area contributed by atoms with Crippen molar-refractivity contribution < 1.29 is 0 Å². The molecule has 1 rings (SSSR count). The Morgan fingerprint density at radius 3 is 2.83 bits per heavy atom. The van der Waals surface area contributed by atoms with Crippen LogP contribution in [0.4, 0.5) is 0 Å². The third-order valence-corrected chi connectivity index (χ3v) is 2.54. The van der Waals surface area contributed by atoms with Crippen molar-refractivity contribution in [3.63, 3.8) is 0 Å².